The number of piperazine rings is 1. The minimum absolute atomic E-state index is 0.0181. The highest BCUT2D eigenvalue weighted by molar-refractivity contribution is 6.06. The maximum absolute atomic E-state index is 15.0. The van der Waals surface area contributed by atoms with Crippen molar-refractivity contribution in [2.75, 3.05) is 64.2 Å². The van der Waals surface area contributed by atoms with Gasteiger partial charge in [-0.2, -0.15) is 0 Å². The molecule has 4 aromatic rings. The smallest absolute Gasteiger partial charge is 0.244 e. The highest BCUT2D eigenvalue weighted by Gasteiger charge is 2.29. The molecule has 5 rings (SSSR count). The van der Waals surface area contributed by atoms with E-state index in [9.17, 15) is 9.18 Å². The number of nitrogens with zero attached hydrogens (tertiary/aromatic N) is 5. The number of likely N-dealkylation sites (N-methyl/N-ethyl adjacent to an activating group) is 1. The van der Waals surface area contributed by atoms with E-state index in [2.05, 4.69) is 47.4 Å². The van der Waals surface area contributed by atoms with Crippen molar-refractivity contribution in [2.24, 2.45) is 0 Å². The molecule has 0 unspecified atom stereocenters. The van der Waals surface area contributed by atoms with Gasteiger partial charge in [0.25, 0.3) is 0 Å². The number of benzene rings is 1. The van der Waals surface area contributed by atoms with Crippen LogP contribution in [0, 0.1) is 5.82 Å². The Morgan fingerprint density at radius 1 is 1.18 bits per heavy atom. The molecule has 4 heterocycles. The van der Waals surface area contributed by atoms with E-state index in [1.54, 1.807) is 31.6 Å². The predicted octanol–water partition coefficient (Wildman–Crippen LogP) is 2.64. The summed E-state index contributed by atoms with van der Waals surface area (Å²) in [5, 5.41) is 15.9. The molecule has 0 aliphatic carbocycles. The summed E-state index contributed by atoms with van der Waals surface area (Å²) in [7, 11) is 3.66. The van der Waals surface area contributed by atoms with Gasteiger partial charge in [0.1, 0.15) is 11.7 Å². The zero-order chi connectivity index (χ0) is 28.1. The van der Waals surface area contributed by atoms with Crippen molar-refractivity contribution in [1.29, 1.82) is 0 Å². The lowest BCUT2D eigenvalue weighted by Crippen LogP contribution is -2.54. The number of amides is 1. The Bertz CT molecular complexity index is 1450. The Balaban J connectivity index is 1.38. The van der Waals surface area contributed by atoms with E-state index in [-0.39, 0.29) is 30.8 Å². The number of aliphatic hydroxyl groups excluding tert-OH is 1. The molecule has 1 saturated heterocycles. The second-order valence-electron chi connectivity index (χ2n) is 9.76. The normalized spacial score (nSPS) is 15.3. The van der Waals surface area contributed by atoms with E-state index in [4.69, 9.17) is 9.84 Å². The van der Waals surface area contributed by atoms with Gasteiger partial charge in [-0.1, -0.05) is 12.1 Å². The highest BCUT2D eigenvalue weighted by atomic mass is 19.1. The number of methoxy groups -OCH3 is 1. The van der Waals surface area contributed by atoms with Crippen LogP contribution in [0.15, 0.2) is 48.9 Å². The summed E-state index contributed by atoms with van der Waals surface area (Å²) in [6.07, 6.45) is 4.86. The summed E-state index contributed by atoms with van der Waals surface area (Å²) in [5.74, 6) is -0.526. The number of para-hydroxylation sites is 1. The van der Waals surface area contributed by atoms with Crippen molar-refractivity contribution >= 4 is 34.1 Å². The zero-order valence-corrected chi connectivity index (χ0v) is 22.5. The molecule has 0 saturated carbocycles. The summed E-state index contributed by atoms with van der Waals surface area (Å²) in [4.78, 5) is 33.7. The number of hydrogen-bond donors (Lipinski definition) is 4. The van der Waals surface area contributed by atoms with Crippen LogP contribution >= 0.6 is 0 Å². The maximum Gasteiger partial charge on any atom is 0.244 e. The van der Waals surface area contributed by atoms with E-state index >= 15 is 0 Å². The van der Waals surface area contributed by atoms with Gasteiger partial charge in [0.05, 0.1) is 35.9 Å². The van der Waals surface area contributed by atoms with E-state index in [1.165, 1.54) is 0 Å². The molecule has 1 atom stereocenters. The van der Waals surface area contributed by atoms with Crippen LogP contribution in [0.2, 0.25) is 0 Å². The molecule has 1 aromatic carbocycles. The predicted molar refractivity (Wildman–Crippen MR) is 151 cm³/mol. The number of carbonyl (C=O) groups is 1. The SMILES string of the molecule is COC[C@H](C(=O)Nc1cccc2c(-c3nc(Nc4ccc(CCO)nc4)ncc3F)c[nH]c12)N1CCN(C)CC1. The fourth-order valence-electron chi connectivity index (χ4n) is 4.82. The number of fused-ring (bicyclic) bond motifs is 1. The molecule has 1 aliphatic rings. The minimum atomic E-state index is -0.576. The molecule has 210 valence electrons. The molecule has 12 heteroatoms. The van der Waals surface area contributed by atoms with Crippen LogP contribution < -0.4 is 10.6 Å². The number of carbonyl (C=O) groups excluding carboxylic acids is 1. The number of nitrogens with one attached hydrogen (secondary N) is 3. The van der Waals surface area contributed by atoms with Gasteiger partial charge in [0.2, 0.25) is 11.9 Å². The first-order valence-corrected chi connectivity index (χ1v) is 13.1. The van der Waals surface area contributed by atoms with Crippen LogP contribution in [0.4, 0.5) is 21.7 Å². The lowest BCUT2D eigenvalue weighted by Gasteiger charge is -2.36. The average Bonchev–Trinajstić information content (AvgIpc) is 3.39. The quantitative estimate of drug-likeness (QED) is 0.236. The Morgan fingerprint density at radius 2 is 2.00 bits per heavy atom. The highest BCUT2D eigenvalue weighted by Crippen LogP contribution is 2.33. The van der Waals surface area contributed by atoms with Gasteiger partial charge in [-0.25, -0.2) is 14.4 Å². The number of H-pyrrole nitrogens is 1. The van der Waals surface area contributed by atoms with Crippen LogP contribution in [0.5, 0.6) is 0 Å². The molecule has 0 spiro atoms. The fourth-order valence-corrected chi connectivity index (χ4v) is 4.82. The summed E-state index contributed by atoms with van der Waals surface area (Å²) in [6, 6.07) is 8.63. The van der Waals surface area contributed by atoms with Gasteiger partial charge in [-0.3, -0.25) is 14.7 Å². The average molecular weight is 549 g/mol. The first kappa shape index (κ1) is 27.6. The van der Waals surface area contributed by atoms with E-state index < -0.39 is 11.9 Å². The van der Waals surface area contributed by atoms with Crippen LogP contribution in [0.3, 0.4) is 0 Å². The van der Waals surface area contributed by atoms with E-state index in [0.29, 0.717) is 34.3 Å². The van der Waals surface area contributed by atoms with E-state index in [0.717, 1.165) is 38.1 Å². The Morgan fingerprint density at radius 3 is 2.73 bits per heavy atom. The second-order valence-corrected chi connectivity index (χ2v) is 9.76. The lowest BCUT2D eigenvalue weighted by molar-refractivity contribution is -0.124. The monoisotopic (exact) mass is 548 g/mol. The molecule has 4 N–H and O–H groups in total. The molecule has 40 heavy (non-hydrogen) atoms. The fraction of sp³-hybridized carbons (Fsp3) is 0.357. The molecule has 0 bridgehead atoms. The third kappa shape index (κ3) is 6.10. The van der Waals surface area contributed by atoms with Gasteiger partial charge in [-0.05, 0) is 25.2 Å². The Hall–Kier alpha value is -3.97. The Labute approximate surface area is 231 Å². The number of rotatable bonds is 10. The summed E-state index contributed by atoms with van der Waals surface area (Å²) >= 11 is 0. The lowest BCUT2D eigenvalue weighted by atomic mass is 10.1. The van der Waals surface area contributed by atoms with Crippen molar-refractivity contribution in [3.05, 3.63) is 60.4 Å². The minimum Gasteiger partial charge on any atom is -0.396 e. The number of aliphatic hydroxyl groups is 1. The van der Waals surface area contributed by atoms with Crippen LogP contribution in [-0.4, -0.2) is 100 Å². The number of hydrogen-bond acceptors (Lipinski definition) is 9. The standard InChI is InChI=1S/C28H33FN8O3/c1-36-9-11-37(12-10-36)24(17-40-2)27(39)34-23-5-3-4-20-21(15-31-26(20)23)25-22(29)16-32-28(35-25)33-19-7-6-18(8-13-38)30-14-19/h3-7,14-16,24,31,38H,8-13,17H2,1-2H3,(H,34,39)(H,32,33,35)/t24-/m1/s1. The van der Waals surface area contributed by atoms with Gasteiger partial charge in [0.15, 0.2) is 5.82 Å². The largest absolute Gasteiger partial charge is 0.396 e. The molecule has 1 amide bonds. The molecular formula is C28H33FN8O3. The zero-order valence-electron chi connectivity index (χ0n) is 22.5. The van der Waals surface area contributed by atoms with E-state index in [1.807, 2.05) is 18.2 Å². The number of anilines is 3. The molecular weight excluding hydrogens is 515 g/mol. The van der Waals surface area contributed by atoms with Gasteiger partial charge in [-0.15, -0.1) is 0 Å². The van der Waals surface area contributed by atoms with Gasteiger partial charge in [0, 0.05) is 69.2 Å². The molecule has 1 fully saturated rings. The number of ether oxygens (including phenoxy) is 1. The number of halogens is 1. The van der Waals surface area contributed by atoms with Crippen molar-refractivity contribution in [3.8, 4) is 11.3 Å². The molecule has 1 aliphatic heterocycles. The van der Waals surface area contributed by atoms with Crippen molar-refractivity contribution in [1.82, 2.24) is 29.7 Å². The van der Waals surface area contributed by atoms with Crippen molar-refractivity contribution in [2.45, 2.75) is 12.5 Å². The maximum atomic E-state index is 15.0. The molecule has 3 aromatic heterocycles. The first-order valence-electron chi connectivity index (χ1n) is 13.1. The first-order chi connectivity index (χ1) is 19.5. The number of aromatic amines is 1. The second kappa shape index (κ2) is 12.5. The molecule has 11 nitrogen and oxygen atoms in total. The third-order valence-corrected chi connectivity index (χ3v) is 7.03. The van der Waals surface area contributed by atoms with Crippen LogP contribution in [0.25, 0.3) is 22.2 Å². The summed E-state index contributed by atoms with van der Waals surface area (Å²) in [5.41, 5.74) is 3.30. The molecule has 0 radical (unpaired) electrons. The number of aromatic nitrogens is 4. The van der Waals surface area contributed by atoms with Crippen LogP contribution in [-0.2, 0) is 16.0 Å². The van der Waals surface area contributed by atoms with Gasteiger partial charge < -0.3 is 30.4 Å². The third-order valence-electron chi connectivity index (χ3n) is 7.03. The summed E-state index contributed by atoms with van der Waals surface area (Å²) < 4.78 is 20.4. The van der Waals surface area contributed by atoms with Crippen molar-refractivity contribution < 1.29 is 19.0 Å². The summed E-state index contributed by atoms with van der Waals surface area (Å²) in [6.45, 7) is 3.63. The van der Waals surface area contributed by atoms with Crippen LogP contribution in [0.1, 0.15) is 5.69 Å². The van der Waals surface area contributed by atoms with Crippen molar-refractivity contribution in [3.63, 3.8) is 0 Å². The topological polar surface area (TPSA) is 132 Å². The van der Waals surface area contributed by atoms with Gasteiger partial charge >= 0.3 is 0 Å². The Kier molecular flexibility index (Phi) is 8.60. The number of pyridine rings is 1.